The second-order valence-corrected chi connectivity index (χ2v) is 4.18. The van der Waals surface area contributed by atoms with Crippen LogP contribution in [0.3, 0.4) is 0 Å². The maximum atomic E-state index is 11.6. The fourth-order valence-corrected chi connectivity index (χ4v) is 1.55. The number of carbonyl (C=O) groups excluding carboxylic acids is 1. The van der Waals surface area contributed by atoms with Crippen molar-refractivity contribution in [1.29, 1.82) is 0 Å². The molecule has 0 aliphatic heterocycles. The number of rotatable bonds is 5. The molecule has 4 nitrogen and oxygen atoms in total. The van der Waals surface area contributed by atoms with Gasteiger partial charge in [-0.1, -0.05) is 12.1 Å². The SMILES string of the molecule is CCC(C)NC(=O)CCc1c(C)noc1C. The summed E-state index contributed by atoms with van der Waals surface area (Å²) in [5, 5.41) is 6.81. The lowest BCUT2D eigenvalue weighted by atomic mass is 10.1. The van der Waals surface area contributed by atoms with Gasteiger partial charge < -0.3 is 9.84 Å². The molecule has 0 spiro atoms. The van der Waals surface area contributed by atoms with Crippen molar-refractivity contribution in [3.8, 4) is 0 Å². The molecule has 1 aromatic heterocycles. The minimum atomic E-state index is 0.0920. The van der Waals surface area contributed by atoms with Gasteiger partial charge in [0.1, 0.15) is 5.76 Å². The summed E-state index contributed by atoms with van der Waals surface area (Å²) in [6.45, 7) is 7.84. The first-order valence-electron chi connectivity index (χ1n) is 5.75. The van der Waals surface area contributed by atoms with E-state index in [0.29, 0.717) is 12.8 Å². The van der Waals surface area contributed by atoms with Crippen LogP contribution in [0.5, 0.6) is 0 Å². The van der Waals surface area contributed by atoms with Crippen LogP contribution in [0.2, 0.25) is 0 Å². The van der Waals surface area contributed by atoms with Crippen LogP contribution in [-0.4, -0.2) is 17.1 Å². The van der Waals surface area contributed by atoms with Crippen molar-refractivity contribution in [2.75, 3.05) is 0 Å². The molecule has 0 aliphatic carbocycles. The molecule has 4 heteroatoms. The van der Waals surface area contributed by atoms with Crippen molar-refractivity contribution >= 4 is 5.91 Å². The summed E-state index contributed by atoms with van der Waals surface area (Å²) in [6, 6.07) is 0.247. The maximum Gasteiger partial charge on any atom is 0.220 e. The Morgan fingerprint density at radius 2 is 2.19 bits per heavy atom. The van der Waals surface area contributed by atoms with Gasteiger partial charge in [0.15, 0.2) is 0 Å². The summed E-state index contributed by atoms with van der Waals surface area (Å²) in [7, 11) is 0. The Bertz CT molecular complexity index is 338. The number of hydrogen-bond donors (Lipinski definition) is 1. The van der Waals surface area contributed by atoms with Gasteiger partial charge in [0, 0.05) is 18.0 Å². The average molecular weight is 224 g/mol. The third-order valence-corrected chi connectivity index (χ3v) is 2.80. The summed E-state index contributed by atoms with van der Waals surface area (Å²) in [5.41, 5.74) is 1.94. The molecule has 1 N–H and O–H groups in total. The third-order valence-electron chi connectivity index (χ3n) is 2.80. The highest BCUT2D eigenvalue weighted by atomic mass is 16.5. The molecule has 1 rings (SSSR count). The Balaban J connectivity index is 2.43. The van der Waals surface area contributed by atoms with E-state index in [9.17, 15) is 4.79 Å². The van der Waals surface area contributed by atoms with E-state index in [1.165, 1.54) is 0 Å². The number of aromatic nitrogens is 1. The third kappa shape index (κ3) is 3.36. The Morgan fingerprint density at radius 3 is 2.69 bits per heavy atom. The second kappa shape index (κ2) is 5.68. The molecule has 1 amide bonds. The molecule has 16 heavy (non-hydrogen) atoms. The molecule has 1 heterocycles. The van der Waals surface area contributed by atoms with Gasteiger partial charge in [-0.25, -0.2) is 0 Å². The molecule has 0 radical (unpaired) electrons. The van der Waals surface area contributed by atoms with E-state index >= 15 is 0 Å². The zero-order valence-corrected chi connectivity index (χ0v) is 10.5. The van der Waals surface area contributed by atoms with Crippen LogP contribution < -0.4 is 5.32 Å². The minimum absolute atomic E-state index is 0.0920. The van der Waals surface area contributed by atoms with E-state index in [-0.39, 0.29) is 11.9 Å². The van der Waals surface area contributed by atoms with Crippen molar-refractivity contribution in [3.63, 3.8) is 0 Å². The van der Waals surface area contributed by atoms with Gasteiger partial charge in [0.05, 0.1) is 5.69 Å². The van der Waals surface area contributed by atoms with Crippen molar-refractivity contribution in [1.82, 2.24) is 10.5 Å². The van der Waals surface area contributed by atoms with Gasteiger partial charge in [0.25, 0.3) is 0 Å². The minimum Gasteiger partial charge on any atom is -0.361 e. The molecule has 90 valence electrons. The first kappa shape index (κ1) is 12.7. The fourth-order valence-electron chi connectivity index (χ4n) is 1.55. The van der Waals surface area contributed by atoms with Crippen LogP contribution in [0.15, 0.2) is 4.52 Å². The summed E-state index contributed by atoms with van der Waals surface area (Å²) in [4.78, 5) is 11.6. The number of amides is 1. The number of hydrogen-bond acceptors (Lipinski definition) is 3. The molecule has 0 aromatic carbocycles. The van der Waals surface area contributed by atoms with Crippen LogP contribution in [0.25, 0.3) is 0 Å². The van der Waals surface area contributed by atoms with Crippen LogP contribution >= 0.6 is 0 Å². The predicted octanol–water partition coefficient (Wildman–Crippen LogP) is 2.14. The summed E-state index contributed by atoms with van der Waals surface area (Å²) >= 11 is 0. The first-order chi connectivity index (χ1) is 7.54. The molecule has 0 saturated carbocycles. The molecule has 0 aliphatic rings. The van der Waals surface area contributed by atoms with Crippen molar-refractivity contribution < 1.29 is 9.32 Å². The van der Waals surface area contributed by atoms with E-state index in [1.54, 1.807) is 0 Å². The quantitative estimate of drug-likeness (QED) is 0.833. The molecule has 0 fully saturated rings. The first-order valence-corrected chi connectivity index (χ1v) is 5.75. The summed E-state index contributed by atoms with van der Waals surface area (Å²) in [6.07, 6.45) is 2.15. The lowest BCUT2D eigenvalue weighted by Crippen LogP contribution is -2.32. The van der Waals surface area contributed by atoms with Gasteiger partial charge in [0.2, 0.25) is 5.91 Å². The van der Waals surface area contributed by atoms with E-state index in [2.05, 4.69) is 17.4 Å². The van der Waals surface area contributed by atoms with Gasteiger partial charge in [-0.3, -0.25) is 4.79 Å². The lowest BCUT2D eigenvalue weighted by Gasteiger charge is -2.10. The van der Waals surface area contributed by atoms with E-state index in [0.717, 1.165) is 23.4 Å². The molecule has 0 saturated heterocycles. The largest absolute Gasteiger partial charge is 0.361 e. The highest BCUT2D eigenvalue weighted by molar-refractivity contribution is 5.76. The van der Waals surface area contributed by atoms with Crippen LogP contribution in [0, 0.1) is 13.8 Å². The lowest BCUT2D eigenvalue weighted by molar-refractivity contribution is -0.121. The number of aryl methyl sites for hydroxylation is 2. The molecule has 0 bridgehead atoms. The van der Waals surface area contributed by atoms with Crippen molar-refractivity contribution in [2.24, 2.45) is 0 Å². The Labute approximate surface area is 96.4 Å². The van der Waals surface area contributed by atoms with E-state index < -0.39 is 0 Å². The fraction of sp³-hybridized carbons (Fsp3) is 0.667. The molecular weight excluding hydrogens is 204 g/mol. The predicted molar refractivity (Wildman–Crippen MR) is 62.2 cm³/mol. The standard InChI is InChI=1S/C12H20N2O2/c1-5-8(2)13-12(15)7-6-11-9(3)14-16-10(11)4/h8H,5-7H2,1-4H3,(H,13,15). The summed E-state index contributed by atoms with van der Waals surface area (Å²) in [5.74, 6) is 0.906. The molecule has 1 unspecified atom stereocenters. The van der Waals surface area contributed by atoms with Crippen LogP contribution in [-0.2, 0) is 11.2 Å². The van der Waals surface area contributed by atoms with Crippen LogP contribution in [0.4, 0.5) is 0 Å². The zero-order valence-electron chi connectivity index (χ0n) is 10.5. The van der Waals surface area contributed by atoms with Gasteiger partial charge in [-0.15, -0.1) is 0 Å². The van der Waals surface area contributed by atoms with Crippen LogP contribution in [0.1, 0.15) is 43.7 Å². The van der Waals surface area contributed by atoms with Gasteiger partial charge in [-0.05, 0) is 33.6 Å². The second-order valence-electron chi connectivity index (χ2n) is 4.18. The topological polar surface area (TPSA) is 55.1 Å². The Kier molecular flexibility index (Phi) is 4.52. The number of nitrogens with zero attached hydrogens (tertiary/aromatic N) is 1. The highest BCUT2D eigenvalue weighted by Crippen LogP contribution is 2.14. The molecular formula is C12H20N2O2. The number of carbonyl (C=O) groups is 1. The number of nitrogens with one attached hydrogen (secondary N) is 1. The smallest absolute Gasteiger partial charge is 0.220 e. The van der Waals surface area contributed by atoms with Gasteiger partial charge >= 0.3 is 0 Å². The van der Waals surface area contributed by atoms with Crippen molar-refractivity contribution in [3.05, 3.63) is 17.0 Å². The van der Waals surface area contributed by atoms with Gasteiger partial charge in [-0.2, -0.15) is 0 Å². The molecule has 1 aromatic rings. The molecule has 1 atom stereocenters. The average Bonchev–Trinajstić information content (AvgIpc) is 2.56. The normalized spacial score (nSPS) is 12.5. The zero-order chi connectivity index (χ0) is 12.1. The summed E-state index contributed by atoms with van der Waals surface area (Å²) < 4.78 is 5.05. The Morgan fingerprint density at radius 1 is 1.50 bits per heavy atom. The maximum absolute atomic E-state index is 11.6. The van der Waals surface area contributed by atoms with E-state index in [4.69, 9.17) is 4.52 Å². The van der Waals surface area contributed by atoms with Crippen molar-refractivity contribution in [2.45, 2.75) is 53.0 Å². The monoisotopic (exact) mass is 224 g/mol. The Hall–Kier alpha value is -1.32. The highest BCUT2D eigenvalue weighted by Gasteiger charge is 2.11. The van der Waals surface area contributed by atoms with E-state index in [1.807, 2.05) is 20.8 Å².